The van der Waals surface area contributed by atoms with E-state index in [1.165, 1.54) is 4.90 Å². The maximum Gasteiger partial charge on any atom is 0.316 e. The summed E-state index contributed by atoms with van der Waals surface area (Å²) in [6, 6.07) is 16.0. The van der Waals surface area contributed by atoms with Gasteiger partial charge in [-0.05, 0) is 30.3 Å². The second kappa shape index (κ2) is 8.09. The van der Waals surface area contributed by atoms with Crippen LogP contribution in [0.5, 0.6) is 0 Å². The molecule has 0 atom stereocenters. The van der Waals surface area contributed by atoms with E-state index >= 15 is 0 Å². The highest BCUT2D eigenvalue weighted by Crippen LogP contribution is 2.16. The Morgan fingerprint density at radius 2 is 1.82 bits per heavy atom. The molecule has 0 heterocycles. The molecule has 2 aromatic rings. The first-order valence-corrected chi connectivity index (χ1v) is 7.76. The lowest BCUT2D eigenvalue weighted by atomic mass is 10.2. The number of benzene rings is 2. The van der Waals surface area contributed by atoms with Crippen LogP contribution in [0.3, 0.4) is 0 Å². The average molecular weight is 315 g/mol. The molecule has 0 fully saturated rings. The van der Waals surface area contributed by atoms with E-state index in [2.05, 4.69) is 10.6 Å². The van der Waals surface area contributed by atoms with Gasteiger partial charge in [-0.1, -0.05) is 24.3 Å². The second-order valence-electron chi connectivity index (χ2n) is 4.49. The van der Waals surface area contributed by atoms with Crippen molar-refractivity contribution in [1.29, 1.82) is 0 Å². The minimum atomic E-state index is -0.656. The number of hydrogen-bond donors (Lipinski definition) is 3. The molecule has 0 saturated heterocycles. The number of urea groups is 1. The Morgan fingerprint density at radius 3 is 2.55 bits per heavy atom. The molecule has 0 unspecified atom stereocenters. The van der Waals surface area contributed by atoms with E-state index in [1.807, 2.05) is 30.3 Å². The van der Waals surface area contributed by atoms with Crippen LogP contribution in [0.25, 0.3) is 0 Å². The van der Waals surface area contributed by atoms with Crippen LogP contribution in [-0.2, 0) is 0 Å². The van der Waals surface area contributed by atoms with E-state index in [4.69, 9.17) is 5.73 Å². The van der Waals surface area contributed by atoms with Crippen molar-refractivity contribution in [2.75, 3.05) is 17.6 Å². The third kappa shape index (κ3) is 5.14. The Morgan fingerprint density at radius 1 is 1.05 bits per heavy atom. The number of amides is 3. The summed E-state index contributed by atoms with van der Waals surface area (Å²) >= 11 is 1.68. The summed E-state index contributed by atoms with van der Waals surface area (Å²) in [5, 5.41) is 5.29. The quantitative estimate of drug-likeness (QED) is 0.566. The highest BCUT2D eigenvalue weighted by Gasteiger charge is 2.06. The van der Waals surface area contributed by atoms with Crippen LogP contribution in [0.1, 0.15) is 10.4 Å². The Labute approximate surface area is 133 Å². The first-order valence-electron chi connectivity index (χ1n) is 6.78. The van der Waals surface area contributed by atoms with E-state index < -0.39 is 6.03 Å². The Hall–Kier alpha value is -2.47. The molecule has 0 saturated carbocycles. The molecule has 0 bridgehead atoms. The van der Waals surface area contributed by atoms with Gasteiger partial charge >= 0.3 is 6.03 Å². The van der Waals surface area contributed by atoms with Gasteiger partial charge in [0.15, 0.2) is 0 Å². The van der Waals surface area contributed by atoms with Gasteiger partial charge in [0.1, 0.15) is 0 Å². The van der Waals surface area contributed by atoms with Crippen molar-refractivity contribution in [3.05, 3.63) is 60.2 Å². The maximum atomic E-state index is 12.0. The molecule has 22 heavy (non-hydrogen) atoms. The topological polar surface area (TPSA) is 84.2 Å². The van der Waals surface area contributed by atoms with Crippen LogP contribution in [0, 0.1) is 0 Å². The SMILES string of the molecule is NC(=O)Nc1cccc(C(=O)NCCSc2ccccc2)c1. The van der Waals surface area contributed by atoms with Crippen molar-refractivity contribution < 1.29 is 9.59 Å². The Kier molecular flexibility index (Phi) is 5.85. The summed E-state index contributed by atoms with van der Waals surface area (Å²) in [6.07, 6.45) is 0. The number of primary amides is 1. The molecule has 0 radical (unpaired) electrons. The third-order valence-corrected chi connectivity index (χ3v) is 3.81. The Balaban J connectivity index is 1.81. The molecule has 2 rings (SSSR count). The molecule has 4 N–H and O–H groups in total. The summed E-state index contributed by atoms with van der Waals surface area (Å²) in [5.74, 6) is 0.608. The van der Waals surface area contributed by atoms with Crippen molar-refractivity contribution in [3.8, 4) is 0 Å². The van der Waals surface area contributed by atoms with Crippen molar-refractivity contribution in [2.24, 2.45) is 5.73 Å². The zero-order valence-electron chi connectivity index (χ0n) is 11.9. The molecular formula is C16H17N3O2S. The summed E-state index contributed by atoms with van der Waals surface area (Å²) in [7, 11) is 0. The summed E-state index contributed by atoms with van der Waals surface area (Å²) in [5.41, 5.74) is 6.03. The van der Waals surface area contributed by atoms with Crippen LogP contribution >= 0.6 is 11.8 Å². The molecule has 3 amide bonds. The van der Waals surface area contributed by atoms with Crippen LogP contribution in [0.2, 0.25) is 0 Å². The third-order valence-electron chi connectivity index (χ3n) is 2.79. The predicted octanol–water partition coefficient (Wildman–Crippen LogP) is 2.70. The van der Waals surface area contributed by atoms with Crippen molar-refractivity contribution >= 4 is 29.4 Å². The lowest BCUT2D eigenvalue weighted by Crippen LogP contribution is -2.26. The maximum absolute atomic E-state index is 12.0. The van der Waals surface area contributed by atoms with E-state index in [1.54, 1.807) is 36.0 Å². The highest BCUT2D eigenvalue weighted by atomic mass is 32.2. The van der Waals surface area contributed by atoms with Gasteiger partial charge in [-0.3, -0.25) is 4.79 Å². The van der Waals surface area contributed by atoms with E-state index in [-0.39, 0.29) is 5.91 Å². The minimum absolute atomic E-state index is 0.179. The van der Waals surface area contributed by atoms with Crippen molar-refractivity contribution in [2.45, 2.75) is 4.90 Å². The van der Waals surface area contributed by atoms with Crippen LogP contribution in [0.15, 0.2) is 59.5 Å². The molecular weight excluding hydrogens is 298 g/mol. The van der Waals surface area contributed by atoms with Gasteiger partial charge in [0, 0.05) is 28.4 Å². The van der Waals surface area contributed by atoms with Gasteiger partial charge in [0.2, 0.25) is 0 Å². The highest BCUT2D eigenvalue weighted by molar-refractivity contribution is 7.99. The first-order chi connectivity index (χ1) is 10.6. The second-order valence-corrected chi connectivity index (χ2v) is 5.66. The summed E-state index contributed by atoms with van der Waals surface area (Å²) in [6.45, 7) is 0.561. The van der Waals surface area contributed by atoms with Crippen LogP contribution in [-0.4, -0.2) is 24.2 Å². The van der Waals surface area contributed by atoms with Crippen LogP contribution in [0.4, 0.5) is 10.5 Å². The monoisotopic (exact) mass is 315 g/mol. The first kappa shape index (κ1) is 15.9. The van der Waals surface area contributed by atoms with Gasteiger partial charge in [0.25, 0.3) is 5.91 Å². The summed E-state index contributed by atoms with van der Waals surface area (Å²) < 4.78 is 0. The lowest BCUT2D eigenvalue weighted by molar-refractivity contribution is 0.0956. The average Bonchev–Trinajstić information content (AvgIpc) is 2.52. The largest absolute Gasteiger partial charge is 0.351 e. The summed E-state index contributed by atoms with van der Waals surface area (Å²) in [4.78, 5) is 24.0. The van der Waals surface area contributed by atoms with Gasteiger partial charge in [0.05, 0.1) is 0 Å². The zero-order chi connectivity index (χ0) is 15.8. The molecule has 0 aliphatic heterocycles. The van der Waals surface area contributed by atoms with Gasteiger partial charge in [-0.25, -0.2) is 4.79 Å². The molecule has 2 aromatic carbocycles. The molecule has 6 heteroatoms. The lowest BCUT2D eigenvalue weighted by Gasteiger charge is -2.07. The molecule has 114 valence electrons. The normalized spacial score (nSPS) is 10.0. The van der Waals surface area contributed by atoms with Gasteiger partial charge in [-0.2, -0.15) is 0 Å². The van der Waals surface area contributed by atoms with Gasteiger partial charge < -0.3 is 16.4 Å². The van der Waals surface area contributed by atoms with E-state index in [0.29, 0.717) is 17.8 Å². The number of carbonyl (C=O) groups excluding carboxylic acids is 2. The molecule has 0 aliphatic rings. The standard InChI is InChI=1S/C16H17N3O2S/c17-16(21)19-13-6-4-5-12(11-13)15(20)18-9-10-22-14-7-2-1-3-8-14/h1-8,11H,9-10H2,(H,18,20)(H3,17,19,21). The predicted molar refractivity (Wildman–Crippen MR) is 89.1 cm³/mol. The molecule has 0 spiro atoms. The fraction of sp³-hybridized carbons (Fsp3) is 0.125. The fourth-order valence-corrected chi connectivity index (χ4v) is 2.62. The molecule has 0 aromatic heterocycles. The number of hydrogen-bond acceptors (Lipinski definition) is 3. The Bertz CT molecular complexity index is 647. The number of nitrogens with one attached hydrogen (secondary N) is 2. The minimum Gasteiger partial charge on any atom is -0.351 e. The zero-order valence-corrected chi connectivity index (χ0v) is 12.7. The number of thioether (sulfide) groups is 1. The fourth-order valence-electron chi connectivity index (χ4n) is 1.83. The molecule has 5 nitrogen and oxygen atoms in total. The number of carbonyl (C=O) groups is 2. The molecule has 0 aliphatic carbocycles. The van der Waals surface area contributed by atoms with Gasteiger partial charge in [-0.15, -0.1) is 11.8 Å². The van der Waals surface area contributed by atoms with E-state index in [9.17, 15) is 9.59 Å². The van der Waals surface area contributed by atoms with Crippen LogP contribution < -0.4 is 16.4 Å². The number of nitrogens with two attached hydrogens (primary N) is 1. The number of rotatable bonds is 6. The smallest absolute Gasteiger partial charge is 0.316 e. The van der Waals surface area contributed by atoms with Crippen molar-refractivity contribution in [1.82, 2.24) is 5.32 Å². The van der Waals surface area contributed by atoms with E-state index in [0.717, 1.165) is 5.75 Å². The number of anilines is 1. The van der Waals surface area contributed by atoms with Crippen molar-refractivity contribution in [3.63, 3.8) is 0 Å².